The van der Waals surface area contributed by atoms with Crippen LogP contribution < -0.4 is 15.5 Å². The van der Waals surface area contributed by atoms with Crippen molar-refractivity contribution in [3.63, 3.8) is 0 Å². The van der Waals surface area contributed by atoms with Gasteiger partial charge in [0.15, 0.2) is 5.96 Å². The fraction of sp³-hybridized carbons (Fsp3) is 0.333. The molecule has 1 aliphatic rings. The molecule has 22 heavy (non-hydrogen) atoms. The molecule has 0 unspecified atom stereocenters. The summed E-state index contributed by atoms with van der Waals surface area (Å²) >= 11 is 3.52. The third kappa shape index (κ3) is 2.81. The molecule has 116 valence electrons. The van der Waals surface area contributed by atoms with Crippen LogP contribution in [0, 0.1) is 0 Å². The highest BCUT2D eigenvalue weighted by atomic mass is 79.9. The Bertz CT molecular complexity index is 753. The number of nitrogens with zero attached hydrogens (tertiary/aromatic N) is 2. The maximum Gasteiger partial charge on any atom is 0.223 e. The lowest BCUT2D eigenvalue weighted by atomic mass is 10.0. The molecule has 2 aromatic rings. The lowest BCUT2D eigenvalue weighted by molar-refractivity contribution is -0.117. The molecule has 1 aromatic carbocycles. The van der Waals surface area contributed by atoms with Crippen molar-refractivity contribution in [1.82, 2.24) is 15.4 Å². The molecule has 3 rings (SSSR count). The number of amides is 1. The van der Waals surface area contributed by atoms with Crippen LogP contribution in [0.3, 0.4) is 0 Å². The predicted molar refractivity (Wildman–Crippen MR) is 88.8 cm³/mol. The number of aromatic nitrogens is 1. The van der Waals surface area contributed by atoms with Crippen molar-refractivity contribution in [3.05, 3.63) is 34.4 Å². The van der Waals surface area contributed by atoms with E-state index < -0.39 is 0 Å². The van der Waals surface area contributed by atoms with Gasteiger partial charge in [0.05, 0.1) is 17.8 Å². The van der Waals surface area contributed by atoms with Crippen LogP contribution in [0.1, 0.15) is 24.9 Å². The highest BCUT2D eigenvalue weighted by Gasteiger charge is 2.22. The Kier molecular flexibility index (Phi) is 4.06. The molecule has 1 aromatic heterocycles. The number of rotatable bonds is 2. The van der Waals surface area contributed by atoms with Gasteiger partial charge < -0.3 is 10.2 Å². The standard InChI is InChI=1S/C15H17BrN4O2/c1-9(21)18-15-17-6-5-13(19-15)12-8-20(22-2)14-4-3-10(16)7-11(12)14/h3-4,7-8,13H,5-6H2,1-2H3,(H2,17,18,19,21)/t13-/m1/s1. The molecular formula is C15H17BrN4O2. The number of guanidine groups is 1. The van der Waals surface area contributed by atoms with Crippen molar-refractivity contribution >= 4 is 38.7 Å². The molecular weight excluding hydrogens is 348 g/mol. The second-order valence-electron chi connectivity index (χ2n) is 5.15. The summed E-state index contributed by atoms with van der Waals surface area (Å²) in [5.41, 5.74) is 2.13. The lowest BCUT2D eigenvalue weighted by Gasteiger charge is -2.24. The number of nitrogens with one attached hydrogen (secondary N) is 2. The summed E-state index contributed by atoms with van der Waals surface area (Å²) < 4.78 is 2.77. The molecule has 0 spiro atoms. The van der Waals surface area contributed by atoms with E-state index >= 15 is 0 Å². The molecule has 1 atom stereocenters. The van der Waals surface area contributed by atoms with Gasteiger partial charge in [0.2, 0.25) is 5.91 Å². The monoisotopic (exact) mass is 364 g/mol. The van der Waals surface area contributed by atoms with Crippen molar-refractivity contribution in [2.75, 3.05) is 13.7 Å². The Balaban J connectivity index is 1.98. The first kappa shape index (κ1) is 14.9. The van der Waals surface area contributed by atoms with E-state index in [1.54, 1.807) is 11.8 Å². The Labute approximate surface area is 136 Å². The quantitative estimate of drug-likeness (QED) is 0.856. The lowest BCUT2D eigenvalue weighted by Crippen LogP contribution is -2.44. The smallest absolute Gasteiger partial charge is 0.223 e. The summed E-state index contributed by atoms with van der Waals surface area (Å²) in [4.78, 5) is 20.9. The number of hydrogen-bond donors (Lipinski definition) is 2. The van der Waals surface area contributed by atoms with Crippen molar-refractivity contribution in [3.8, 4) is 0 Å². The summed E-state index contributed by atoms with van der Waals surface area (Å²) in [6, 6.07) is 6.15. The topological polar surface area (TPSA) is 67.6 Å². The first-order chi connectivity index (χ1) is 10.6. The van der Waals surface area contributed by atoms with Gasteiger partial charge in [-0.15, -0.1) is 0 Å². The van der Waals surface area contributed by atoms with Gasteiger partial charge >= 0.3 is 0 Å². The van der Waals surface area contributed by atoms with Gasteiger partial charge in [0.1, 0.15) is 7.11 Å². The Morgan fingerprint density at radius 3 is 3.09 bits per heavy atom. The Hall–Kier alpha value is -2.02. The number of hydrogen-bond acceptors (Lipinski definition) is 4. The molecule has 1 amide bonds. The molecule has 0 saturated carbocycles. The number of carbonyl (C=O) groups excluding carboxylic acids is 1. The van der Waals surface area contributed by atoms with Gasteiger partial charge in [0.25, 0.3) is 0 Å². The fourth-order valence-electron chi connectivity index (χ4n) is 2.69. The number of halogens is 1. The maximum absolute atomic E-state index is 11.2. The molecule has 1 aliphatic heterocycles. The second kappa shape index (κ2) is 6.00. The van der Waals surface area contributed by atoms with Crippen LogP contribution in [0.5, 0.6) is 0 Å². The number of aliphatic imine (C=N–C) groups is 1. The van der Waals surface area contributed by atoms with E-state index in [0.717, 1.165) is 27.4 Å². The SMILES string of the molecule is COn1cc([C@H]2CCN=C(NC(C)=O)N2)c2cc(Br)ccc21. The van der Waals surface area contributed by atoms with Crippen LogP contribution in [0.4, 0.5) is 0 Å². The van der Waals surface area contributed by atoms with E-state index in [4.69, 9.17) is 4.84 Å². The molecule has 7 heteroatoms. The van der Waals surface area contributed by atoms with E-state index in [2.05, 4.69) is 37.6 Å². The first-order valence-electron chi connectivity index (χ1n) is 7.02. The number of fused-ring (bicyclic) bond motifs is 1. The van der Waals surface area contributed by atoms with Gasteiger partial charge in [-0.25, -0.2) is 0 Å². The van der Waals surface area contributed by atoms with Crippen LogP contribution in [-0.4, -0.2) is 30.3 Å². The highest BCUT2D eigenvalue weighted by molar-refractivity contribution is 9.10. The van der Waals surface area contributed by atoms with E-state index in [0.29, 0.717) is 12.5 Å². The van der Waals surface area contributed by atoms with Crippen LogP contribution in [0.15, 0.2) is 33.9 Å². The summed E-state index contributed by atoms with van der Waals surface area (Å²) in [5.74, 6) is 0.394. The van der Waals surface area contributed by atoms with Gasteiger partial charge in [0, 0.05) is 28.9 Å². The number of benzene rings is 1. The van der Waals surface area contributed by atoms with Gasteiger partial charge in [-0.3, -0.25) is 15.1 Å². The second-order valence-corrected chi connectivity index (χ2v) is 6.07. The molecule has 0 radical (unpaired) electrons. The van der Waals surface area contributed by atoms with Crippen LogP contribution in [0.25, 0.3) is 10.9 Å². The van der Waals surface area contributed by atoms with Crippen molar-refractivity contribution in [1.29, 1.82) is 0 Å². The molecule has 6 nitrogen and oxygen atoms in total. The first-order valence-corrected chi connectivity index (χ1v) is 7.81. The predicted octanol–water partition coefficient (Wildman–Crippen LogP) is 1.99. The zero-order valence-electron chi connectivity index (χ0n) is 12.4. The molecule has 0 fully saturated rings. The van der Waals surface area contributed by atoms with E-state index in [1.165, 1.54) is 6.92 Å². The van der Waals surface area contributed by atoms with Crippen LogP contribution >= 0.6 is 15.9 Å². The summed E-state index contributed by atoms with van der Waals surface area (Å²) in [6.45, 7) is 2.14. The summed E-state index contributed by atoms with van der Waals surface area (Å²) in [6.07, 6.45) is 2.84. The minimum atomic E-state index is -0.131. The highest BCUT2D eigenvalue weighted by Crippen LogP contribution is 2.31. The minimum Gasteiger partial charge on any atom is -0.417 e. The Morgan fingerprint density at radius 1 is 1.55 bits per heavy atom. The van der Waals surface area contributed by atoms with Crippen molar-refractivity contribution in [2.24, 2.45) is 4.99 Å². The zero-order chi connectivity index (χ0) is 15.7. The third-order valence-electron chi connectivity index (χ3n) is 3.63. The largest absolute Gasteiger partial charge is 0.417 e. The van der Waals surface area contributed by atoms with E-state index in [9.17, 15) is 4.79 Å². The average molecular weight is 365 g/mol. The van der Waals surface area contributed by atoms with Gasteiger partial charge in [-0.05, 0) is 24.6 Å². The normalized spacial score (nSPS) is 17.8. The minimum absolute atomic E-state index is 0.0764. The molecule has 0 bridgehead atoms. The van der Waals surface area contributed by atoms with Crippen LogP contribution in [-0.2, 0) is 4.79 Å². The third-order valence-corrected chi connectivity index (χ3v) is 4.12. The molecule has 0 aliphatic carbocycles. The number of carbonyl (C=O) groups is 1. The van der Waals surface area contributed by atoms with E-state index in [1.807, 2.05) is 18.3 Å². The summed E-state index contributed by atoms with van der Waals surface area (Å²) in [5, 5.41) is 7.11. The molecule has 0 saturated heterocycles. The van der Waals surface area contributed by atoms with E-state index in [-0.39, 0.29) is 11.9 Å². The zero-order valence-corrected chi connectivity index (χ0v) is 14.0. The average Bonchev–Trinajstić information content (AvgIpc) is 2.84. The van der Waals surface area contributed by atoms with Crippen molar-refractivity contribution in [2.45, 2.75) is 19.4 Å². The Morgan fingerprint density at radius 2 is 2.36 bits per heavy atom. The fourth-order valence-corrected chi connectivity index (χ4v) is 3.05. The maximum atomic E-state index is 11.2. The van der Waals surface area contributed by atoms with Crippen LogP contribution in [0.2, 0.25) is 0 Å². The summed E-state index contributed by atoms with van der Waals surface area (Å²) in [7, 11) is 1.64. The molecule has 2 N–H and O–H groups in total. The molecule has 2 heterocycles. The van der Waals surface area contributed by atoms with Crippen molar-refractivity contribution < 1.29 is 9.63 Å². The van der Waals surface area contributed by atoms with Gasteiger partial charge in [-0.1, -0.05) is 15.9 Å². The van der Waals surface area contributed by atoms with Gasteiger partial charge in [-0.2, -0.15) is 4.73 Å².